The van der Waals surface area contributed by atoms with Gasteiger partial charge in [0.15, 0.2) is 11.5 Å². The van der Waals surface area contributed by atoms with E-state index in [9.17, 15) is 4.79 Å². The summed E-state index contributed by atoms with van der Waals surface area (Å²) < 4.78 is 1.63. The first-order valence-corrected chi connectivity index (χ1v) is 8.41. The zero-order valence-electron chi connectivity index (χ0n) is 12.4. The maximum absolute atomic E-state index is 12.3. The van der Waals surface area contributed by atoms with Crippen molar-refractivity contribution < 1.29 is 4.79 Å². The summed E-state index contributed by atoms with van der Waals surface area (Å²) in [6.45, 7) is 0.467. The van der Waals surface area contributed by atoms with Gasteiger partial charge in [0, 0.05) is 18.5 Å². The smallest absolute Gasteiger partial charge is 0.277 e. The van der Waals surface area contributed by atoms with Crippen molar-refractivity contribution in [2.24, 2.45) is 0 Å². The second-order valence-electron chi connectivity index (χ2n) is 4.87. The fraction of sp³-hybridized carbons (Fsp3) is 0.0667. The molecule has 3 heterocycles. The number of aromatic nitrogens is 4. The molecule has 6 nitrogen and oxygen atoms in total. The largest absolute Gasteiger partial charge is 0.304 e. The molecule has 0 aliphatic heterocycles. The molecule has 0 aliphatic rings. The summed E-state index contributed by atoms with van der Waals surface area (Å²) >= 11 is 23.6. The molecule has 0 spiro atoms. The molecule has 1 N–H and O–H groups in total. The van der Waals surface area contributed by atoms with Gasteiger partial charge in [0.05, 0.1) is 27.3 Å². The van der Waals surface area contributed by atoms with Gasteiger partial charge in [-0.3, -0.25) is 14.5 Å². The van der Waals surface area contributed by atoms with E-state index in [-0.39, 0.29) is 25.9 Å². The van der Waals surface area contributed by atoms with E-state index in [0.29, 0.717) is 12.4 Å². The van der Waals surface area contributed by atoms with E-state index in [4.69, 9.17) is 46.4 Å². The average Bonchev–Trinajstić information content (AvgIpc) is 3.04. The maximum atomic E-state index is 12.3. The summed E-state index contributed by atoms with van der Waals surface area (Å²) in [6, 6.07) is 7.22. The molecule has 0 bridgehead atoms. The average molecular weight is 417 g/mol. The van der Waals surface area contributed by atoms with Gasteiger partial charge in [-0.15, -0.1) is 0 Å². The molecule has 0 aliphatic carbocycles. The Balaban J connectivity index is 1.76. The minimum atomic E-state index is -0.603. The predicted molar refractivity (Wildman–Crippen MR) is 97.8 cm³/mol. The number of carbonyl (C=O) groups excluding carboxylic acids is 1. The Morgan fingerprint density at radius 2 is 1.88 bits per heavy atom. The third kappa shape index (κ3) is 4.04. The molecule has 0 saturated heterocycles. The molecule has 0 aromatic carbocycles. The molecule has 10 heteroatoms. The number of amides is 1. The molecular formula is C15H9Cl4N5O. The van der Waals surface area contributed by atoms with Crippen molar-refractivity contribution in [3.63, 3.8) is 0 Å². The molecule has 0 unspecified atom stereocenters. The van der Waals surface area contributed by atoms with Gasteiger partial charge in [0.2, 0.25) is 0 Å². The Hall–Kier alpha value is -1.86. The molecule has 0 saturated carbocycles. The van der Waals surface area contributed by atoms with Crippen LogP contribution in [0.2, 0.25) is 20.2 Å². The van der Waals surface area contributed by atoms with Crippen LogP contribution >= 0.6 is 46.4 Å². The molecule has 3 rings (SSSR count). The van der Waals surface area contributed by atoms with Crippen LogP contribution in [0.25, 0.3) is 0 Å². The van der Waals surface area contributed by atoms with Gasteiger partial charge in [-0.1, -0.05) is 52.5 Å². The van der Waals surface area contributed by atoms with Gasteiger partial charge < -0.3 is 5.32 Å². The fourth-order valence-electron chi connectivity index (χ4n) is 1.99. The first-order valence-electron chi connectivity index (χ1n) is 6.90. The standard InChI is InChI=1S/C15H9Cl4N5O/c16-10-11(17)13(22-14(19)12(10)18)15(25)21-9-4-6-24(23-9)7-8-3-1-2-5-20-8/h1-6H,7H2,(H,21,23,25). The Bertz CT molecular complexity index is 929. The minimum Gasteiger partial charge on any atom is -0.304 e. The van der Waals surface area contributed by atoms with Crippen LogP contribution in [0.15, 0.2) is 36.7 Å². The zero-order chi connectivity index (χ0) is 18.0. The highest BCUT2D eigenvalue weighted by atomic mass is 35.5. The Labute approximate surface area is 162 Å². The Morgan fingerprint density at radius 3 is 2.60 bits per heavy atom. The normalized spacial score (nSPS) is 10.7. The van der Waals surface area contributed by atoms with E-state index < -0.39 is 5.91 Å². The summed E-state index contributed by atoms with van der Waals surface area (Å²) in [4.78, 5) is 20.4. The van der Waals surface area contributed by atoms with E-state index >= 15 is 0 Å². The summed E-state index contributed by atoms with van der Waals surface area (Å²) in [5.41, 5.74) is 0.699. The van der Waals surface area contributed by atoms with Crippen molar-refractivity contribution in [3.05, 3.63) is 68.3 Å². The number of rotatable bonds is 4. The first-order chi connectivity index (χ1) is 12.0. The van der Waals surface area contributed by atoms with Gasteiger partial charge in [-0.2, -0.15) is 5.10 Å². The van der Waals surface area contributed by atoms with Crippen LogP contribution in [0.3, 0.4) is 0 Å². The number of nitrogens with zero attached hydrogens (tertiary/aromatic N) is 4. The summed E-state index contributed by atoms with van der Waals surface area (Å²) in [5, 5.41) is 6.59. The van der Waals surface area contributed by atoms with Crippen LogP contribution < -0.4 is 5.32 Å². The number of halogens is 4. The van der Waals surface area contributed by atoms with E-state index in [1.807, 2.05) is 18.2 Å². The lowest BCUT2D eigenvalue weighted by molar-refractivity contribution is 0.102. The van der Waals surface area contributed by atoms with Gasteiger partial charge in [-0.25, -0.2) is 4.98 Å². The van der Waals surface area contributed by atoms with Gasteiger partial charge in [-0.05, 0) is 12.1 Å². The monoisotopic (exact) mass is 415 g/mol. The van der Waals surface area contributed by atoms with Crippen LogP contribution in [0.5, 0.6) is 0 Å². The number of hydrogen-bond acceptors (Lipinski definition) is 4. The minimum absolute atomic E-state index is 0.00970. The topological polar surface area (TPSA) is 72.7 Å². The van der Waals surface area contributed by atoms with Crippen LogP contribution in [0.4, 0.5) is 5.82 Å². The Kier molecular flexibility index (Phi) is 5.44. The highest BCUT2D eigenvalue weighted by molar-refractivity contribution is 6.52. The molecule has 3 aromatic rings. The second kappa shape index (κ2) is 7.58. The molecule has 0 atom stereocenters. The lowest BCUT2D eigenvalue weighted by Gasteiger charge is -2.07. The summed E-state index contributed by atoms with van der Waals surface area (Å²) in [5.74, 6) is -0.283. The molecular weight excluding hydrogens is 408 g/mol. The van der Waals surface area contributed by atoms with Crippen molar-refractivity contribution in [2.75, 3.05) is 5.32 Å². The summed E-state index contributed by atoms with van der Waals surface area (Å²) in [6.07, 6.45) is 3.41. The van der Waals surface area contributed by atoms with Crippen LogP contribution in [-0.2, 0) is 6.54 Å². The number of pyridine rings is 2. The van der Waals surface area contributed by atoms with Crippen molar-refractivity contribution in [3.8, 4) is 0 Å². The third-order valence-corrected chi connectivity index (χ3v) is 4.81. The molecule has 25 heavy (non-hydrogen) atoms. The lowest BCUT2D eigenvalue weighted by Crippen LogP contribution is -2.15. The second-order valence-corrected chi connectivity index (χ2v) is 6.36. The van der Waals surface area contributed by atoms with E-state index in [2.05, 4.69) is 20.4 Å². The molecule has 0 radical (unpaired) electrons. The van der Waals surface area contributed by atoms with Gasteiger partial charge in [0.25, 0.3) is 5.91 Å². The third-order valence-electron chi connectivity index (χ3n) is 3.13. The van der Waals surface area contributed by atoms with Crippen LogP contribution in [0.1, 0.15) is 16.2 Å². The van der Waals surface area contributed by atoms with Crippen molar-refractivity contribution in [1.29, 1.82) is 0 Å². The fourth-order valence-corrected chi connectivity index (χ4v) is 2.80. The van der Waals surface area contributed by atoms with Gasteiger partial charge >= 0.3 is 0 Å². The molecule has 3 aromatic heterocycles. The van der Waals surface area contributed by atoms with E-state index in [1.54, 1.807) is 23.1 Å². The number of carbonyl (C=O) groups is 1. The SMILES string of the molecule is O=C(Nc1ccn(Cc2ccccn2)n1)c1nc(Cl)c(Cl)c(Cl)c1Cl. The molecule has 128 valence electrons. The number of anilines is 1. The lowest BCUT2D eigenvalue weighted by atomic mass is 10.3. The van der Waals surface area contributed by atoms with Crippen molar-refractivity contribution >= 4 is 58.1 Å². The summed E-state index contributed by atoms with van der Waals surface area (Å²) in [7, 11) is 0. The number of hydrogen-bond donors (Lipinski definition) is 1. The highest BCUT2D eigenvalue weighted by Crippen LogP contribution is 2.36. The van der Waals surface area contributed by atoms with Crippen molar-refractivity contribution in [2.45, 2.75) is 6.54 Å². The molecule has 0 fully saturated rings. The van der Waals surface area contributed by atoms with E-state index in [1.165, 1.54) is 0 Å². The highest BCUT2D eigenvalue weighted by Gasteiger charge is 2.21. The van der Waals surface area contributed by atoms with E-state index in [0.717, 1.165) is 5.69 Å². The predicted octanol–water partition coefficient (Wildman–Crippen LogP) is 4.59. The van der Waals surface area contributed by atoms with Gasteiger partial charge in [0.1, 0.15) is 5.15 Å². The Morgan fingerprint density at radius 1 is 1.08 bits per heavy atom. The quantitative estimate of drug-likeness (QED) is 0.631. The van der Waals surface area contributed by atoms with Crippen molar-refractivity contribution in [1.82, 2.24) is 19.7 Å². The zero-order valence-corrected chi connectivity index (χ0v) is 15.4. The number of nitrogens with one attached hydrogen (secondary N) is 1. The van der Waals surface area contributed by atoms with Crippen LogP contribution in [-0.4, -0.2) is 25.7 Å². The first kappa shape index (κ1) is 17.9. The molecule has 1 amide bonds. The van der Waals surface area contributed by atoms with Crippen LogP contribution in [0, 0.1) is 0 Å². The maximum Gasteiger partial charge on any atom is 0.277 e.